The van der Waals surface area contributed by atoms with Crippen molar-refractivity contribution in [2.75, 3.05) is 0 Å². The lowest BCUT2D eigenvalue weighted by Gasteiger charge is -2.06. The molecule has 17 heavy (non-hydrogen) atoms. The second-order valence-corrected chi connectivity index (χ2v) is 3.59. The predicted molar refractivity (Wildman–Crippen MR) is 56.4 cm³/mol. The fraction of sp³-hybridized carbons (Fsp3) is 0.200. The molecule has 1 N–H and O–H groups in total. The van der Waals surface area contributed by atoms with Crippen molar-refractivity contribution in [2.24, 2.45) is 0 Å². The second kappa shape index (κ2) is 4.37. The van der Waals surface area contributed by atoms with E-state index in [0.29, 0.717) is 11.4 Å². The van der Waals surface area contributed by atoms with E-state index in [4.69, 9.17) is 11.6 Å². The van der Waals surface area contributed by atoms with Crippen LogP contribution in [0.25, 0.3) is 11.4 Å². The largest absolute Gasteiger partial charge is 0.416 e. The van der Waals surface area contributed by atoms with Gasteiger partial charge in [0.2, 0.25) is 0 Å². The monoisotopic (exact) mass is 261 g/mol. The van der Waals surface area contributed by atoms with Crippen molar-refractivity contribution in [3.63, 3.8) is 0 Å². The minimum absolute atomic E-state index is 0.131. The number of hydrogen-bond acceptors (Lipinski definition) is 2. The Morgan fingerprint density at radius 2 is 2.06 bits per heavy atom. The highest BCUT2D eigenvalue weighted by Crippen LogP contribution is 2.31. The Hall–Kier alpha value is -1.56. The lowest BCUT2D eigenvalue weighted by atomic mass is 10.1. The van der Waals surface area contributed by atoms with E-state index in [1.54, 1.807) is 0 Å². The molecule has 0 amide bonds. The minimum atomic E-state index is -4.37. The van der Waals surface area contributed by atoms with Gasteiger partial charge in [-0.1, -0.05) is 12.1 Å². The molecule has 2 aromatic rings. The number of nitrogens with one attached hydrogen (secondary N) is 1. The maximum absolute atomic E-state index is 12.5. The highest BCUT2D eigenvalue weighted by Gasteiger charge is 2.30. The predicted octanol–water partition coefficient (Wildman–Crippen LogP) is 3.23. The molecule has 2 rings (SSSR count). The summed E-state index contributed by atoms with van der Waals surface area (Å²) in [4.78, 5) is 3.96. The molecule has 1 aromatic carbocycles. The van der Waals surface area contributed by atoms with Gasteiger partial charge in [0, 0.05) is 5.56 Å². The van der Waals surface area contributed by atoms with Crippen LogP contribution in [0.1, 0.15) is 11.4 Å². The van der Waals surface area contributed by atoms with E-state index in [2.05, 4.69) is 15.2 Å². The first-order chi connectivity index (χ1) is 8.00. The second-order valence-electron chi connectivity index (χ2n) is 3.32. The van der Waals surface area contributed by atoms with Crippen LogP contribution < -0.4 is 0 Å². The Labute approximate surface area is 99.6 Å². The van der Waals surface area contributed by atoms with Crippen molar-refractivity contribution in [3.05, 3.63) is 35.7 Å². The third kappa shape index (κ3) is 2.58. The highest BCUT2D eigenvalue weighted by molar-refractivity contribution is 6.16. The third-order valence-electron chi connectivity index (χ3n) is 2.11. The summed E-state index contributed by atoms with van der Waals surface area (Å²) in [5.74, 6) is 0.747. The molecule has 0 aliphatic rings. The van der Waals surface area contributed by atoms with Gasteiger partial charge in [-0.2, -0.15) is 18.3 Å². The molecule has 0 bridgehead atoms. The number of alkyl halides is 4. The fourth-order valence-electron chi connectivity index (χ4n) is 1.32. The molecule has 7 heteroatoms. The van der Waals surface area contributed by atoms with Gasteiger partial charge in [0.05, 0.1) is 11.4 Å². The zero-order chi connectivity index (χ0) is 12.5. The summed E-state index contributed by atoms with van der Waals surface area (Å²) in [6.45, 7) is 0. The summed E-state index contributed by atoms with van der Waals surface area (Å²) in [6, 6.07) is 4.82. The first-order valence-corrected chi connectivity index (χ1v) is 5.19. The Morgan fingerprint density at radius 3 is 2.65 bits per heavy atom. The lowest BCUT2D eigenvalue weighted by Crippen LogP contribution is -2.04. The van der Waals surface area contributed by atoms with Crippen LogP contribution in [0.5, 0.6) is 0 Å². The van der Waals surface area contributed by atoms with Gasteiger partial charge < -0.3 is 0 Å². The highest BCUT2D eigenvalue weighted by atomic mass is 35.5. The van der Waals surface area contributed by atoms with Gasteiger partial charge in [-0.15, -0.1) is 11.6 Å². The van der Waals surface area contributed by atoms with E-state index >= 15 is 0 Å². The summed E-state index contributed by atoms with van der Waals surface area (Å²) in [5.41, 5.74) is -0.431. The molecule has 0 unspecified atom stereocenters. The zero-order valence-corrected chi connectivity index (χ0v) is 9.18. The van der Waals surface area contributed by atoms with E-state index in [9.17, 15) is 13.2 Å². The Kier molecular flexibility index (Phi) is 3.06. The maximum Gasteiger partial charge on any atom is 0.416 e. The summed E-state index contributed by atoms with van der Waals surface area (Å²) < 4.78 is 37.5. The van der Waals surface area contributed by atoms with Crippen molar-refractivity contribution in [3.8, 4) is 11.4 Å². The SMILES string of the molecule is FC(F)(F)c1cccc(-c2n[nH]c(CCl)n2)c1. The molecule has 3 nitrogen and oxygen atoms in total. The van der Waals surface area contributed by atoms with Crippen LogP contribution in [-0.4, -0.2) is 15.2 Å². The molecule has 0 saturated carbocycles. The zero-order valence-electron chi connectivity index (χ0n) is 8.42. The van der Waals surface area contributed by atoms with E-state index in [0.717, 1.165) is 12.1 Å². The van der Waals surface area contributed by atoms with Crippen molar-refractivity contribution < 1.29 is 13.2 Å². The first kappa shape index (κ1) is 11.9. The molecule has 0 aliphatic heterocycles. The van der Waals surface area contributed by atoms with Crippen LogP contribution in [0.15, 0.2) is 24.3 Å². The smallest absolute Gasteiger partial charge is 0.262 e. The molecule has 1 aromatic heterocycles. The number of aromatic amines is 1. The molecule has 90 valence electrons. The van der Waals surface area contributed by atoms with Crippen molar-refractivity contribution in [1.82, 2.24) is 15.2 Å². The summed E-state index contributed by atoms with van der Waals surface area (Å²) in [5, 5.41) is 6.33. The van der Waals surface area contributed by atoms with Gasteiger partial charge in [-0.3, -0.25) is 5.10 Å². The normalized spacial score (nSPS) is 11.8. The first-order valence-electron chi connectivity index (χ1n) is 4.65. The number of halogens is 4. The van der Waals surface area contributed by atoms with Gasteiger partial charge in [0.15, 0.2) is 5.82 Å². The number of rotatable bonds is 2. The van der Waals surface area contributed by atoms with Gasteiger partial charge in [-0.05, 0) is 12.1 Å². The number of benzene rings is 1. The Balaban J connectivity index is 2.39. The van der Waals surface area contributed by atoms with Crippen molar-refractivity contribution in [2.45, 2.75) is 12.1 Å². The van der Waals surface area contributed by atoms with E-state index in [-0.39, 0.29) is 11.7 Å². The van der Waals surface area contributed by atoms with E-state index in [1.165, 1.54) is 12.1 Å². The summed E-state index contributed by atoms with van der Waals surface area (Å²) in [7, 11) is 0. The molecule has 0 radical (unpaired) electrons. The Bertz CT molecular complexity index is 522. The van der Waals surface area contributed by atoms with Gasteiger partial charge in [0.25, 0.3) is 0 Å². The minimum Gasteiger partial charge on any atom is -0.262 e. The Morgan fingerprint density at radius 1 is 1.29 bits per heavy atom. The average molecular weight is 262 g/mol. The van der Waals surface area contributed by atoms with Gasteiger partial charge in [0.1, 0.15) is 5.82 Å². The van der Waals surface area contributed by atoms with Crippen LogP contribution in [0, 0.1) is 0 Å². The molecule has 0 fully saturated rings. The average Bonchev–Trinajstić information content (AvgIpc) is 2.76. The van der Waals surface area contributed by atoms with Crippen LogP contribution in [0.2, 0.25) is 0 Å². The molecular weight excluding hydrogens is 255 g/mol. The summed E-state index contributed by atoms with van der Waals surface area (Å²) in [6.07, 6.45) is -4.37. The summed E-state index contributed by atoms with van der Waals surface area (Å²) >= 11 is 5.52. The van der Waals surface area contributed by atoms with Crippen LogP contribution >= 0.6 is 11.6 Å². The number of H-pyrrole nitrogens is 1. The topological polar surface area (TPSA) is 41.6 Å². The fourth-order valence-corrected chi connectivity index (χ4v) is 1.44. The van der Waals surface area contributed by atoms with Crippen molar-refractivity contribution in [1.29, 1.82) is 0 Å². The van der Waals surface area contributed by atoms with Crippen LogP contribution in [-0.2, 0) is 12.1 Å². The number of nitrogens with zero attached hydrogens (tertiary/aromatic N) is 2. The van der Waals surface area contributed by atoms with Crippen LogP contribution in [0.3, 0.4) is 0 Å². The van der Waals surface area contributed by atoms with Crippen LogP contribution in [0.4, 0.5) is 13.2 Å². The molecule has 1 heterocycles. The quantitative estimate of drug-likeness (QED) is 0.844. The van der Waals surface area contributed by atoms with Crippen molar-refractivity contribution >= 4 is 11.6 Å². The van der Waals surface area contributed by atoms with Gasteiger partial charge in [-0.25, -0.2) is 4.98 Å². The molecular formula is C10H7ClF3N3. The third-order valence-corrected chi connectivity index (χ3v) is 2.36. The maximum atomic E-state index is 12.5. The number of aromatic nitrogens is 3. The standard InChI is InChI=1S/C10H7ClF3N3/c11-5-8-15-9(17-16-8)6-2-1-3-7(4-6)10(12,13)14/h1-4H,5H2,(H,15,16,17). The molecule has 0 saturated heterocycles. The molecule has 0 atom stereocenters. The lowest BCUT2D eigenvalue weighted by molar-refractivity contribution is -0.137. The van der Waals surface area contributed by atoms with Gasteiger partial charge >= 0.3 is 6.18 Å². The molecule has 0 aliphatic carbocycles. The molecule has 0 spiro atoms. The van der Waals surface area contributed by atoms with E-state index in [1.807, 2.05) is 0 Å². The van der Waals surface area contributed by atoms with E-state index < -0.39 is 11.7 Å². The number of hydrogen-bond donors (Lipinski definition) is 1.